The number of rotatable bonds is 7. The molecule has 0 N–H and O–H groups in total. The predicted molar refractivity (Wildman–Crippen MR) is 212 cm³/mol. The number of benzene rings is 8. The Morgan fingerprint density at radius 3 is 1.60 bits per heavy atom. The van der Waals surface area contributed by atoms with Gasteiger partial charge in [-0.05, 0) is 76.3 Å². The quantitative estimate of drug-likeness (QED) is 0.169. The summed E-state index contributed by atoms with van der Waals surface area (Å²) in [6.45, 7) is 0. The number of anilines is 3. The molecular weight excluding hydrogens is 605 g/mol. The summed E-state index contributed by atoms with van der Waals surface area (Å²) >= 11 is 0. The van der Waals surface area contributed by atoms with Crippen LogP contribution in [-0.4, -0.2) is 4.57 Å². The molecule has 236 valence electrons. The standard InChI is InChI=1S/C48H34N2/c1-5-17-35(18-6-1)38-23-15-26-40(33-38)49(45-29-14-13-27-42(45)36-19-7-2-8-20-36)41-31-32-44-47(34-41)50(39-24-11-4-12-25-39)46-30-16-28-43(48(44)46)37-21-9-3-10-22-37/h1-34H. The molecule has 0 aliphatic heterocycles. The van der Waals surface area contributed by atoms with Crippen LogP contribution in [0.1, 0.15) is 0 Å². The van der Waals surface area contributed by atoms with Crippen LogP contribution in [0.4, 0.5) is 17.1 Å². The molecule has 0 fully saturated rings. The van der Waals surface area contributed by atoms with Crippen LogP contribution in [0.3, 0.4) is 0 Å². The van der Waals surface area contributed by atoms with Gasteiger partial charge in [0, 0.05) is 33.4 Å². The zero-order chi connectivity index (χ0) is 33.3. The second kappa shape index (κ2) is 12.8. The molecule has 0 aliphatic carbocycles. The summed E-state index contributed by atoms with van der Waals surface area (Å²) < 4.78 is 2.42. The van der Waals surface area contributed by atoms with Crippen molar-refractivity contribution in [3.8, 4) is 39.1 Å². The van der Waals surface area contributed by atoms with Crippen LogP contribution in [-0.2, 0) is 0 Å². The minimum atomic E-state index is 1.09. The van der Waals surface area contributed by atoms with E-state index >= 15 is 0 Å². The van der Waals surface area contributed by atoms with E-state index in [4.69, 9.17) is 0 Å². The fourth-order valence-corrected chi connectivity index (χ4v) is 7.32. The van der Waals surface area contributed by atoms with Gasteiger partial charge in [-0.2, -0.15) is 0 Å². The maximum Gasteiger partial charge on any atom is 0.0562 e. The van der Waals surface area contributed by atoms with E-state index in [1.807, 2.05) is 0 Å². The monoisotopic (exact) mass is 638 g/mol. The number of para-hydroxylation sites is 2. The summed E-state index contributed by atoms with van der Waals surface area (Å²) in [6, 6.07) is 74.1. The summed E-state index contributed by atoms with van der Waals surface area (Å²) in [4.78, 5) is 2.42. The lowest BCUT2D eigenvalue weighted by Crippen LogP contribution is -2.11. The van der Waals surface area contributed by atoms with E-state index in [0.29, 0.717) is 0 Å². The van der Waals surface area contributed by atoms with E-state index in [2.05, 4.69) is 216 Å². The Hall–Kier alpha value is -6.64. The lowest BCUT2D eigenvalue weighted by atomic mass is 9.99. The molecule has 9 rings (SSSR count). The van der Waals surface area contributed by atoms with E-state index in [9.17, 15) is 0 Å². The molecule has 0 atom stereocenters. The molecule has 50 heavy (non-hydrogen) atoms. The molecule has 0 spiro atoms. The smallest absolute Gasteiger partial charge is 0.0562 e. The van der Waals surface area contributed by atoms with Crippen LogP contribution in [0, 0.1) is 0 Å². The molecule has 8 aromatic carbocycles. The Bertz CT molecular complexity index is 2570. The van der Waals surface area contributed by atoms with Gasteiger partial charge in [-0.25, -0.2) is 0 Å². The van der Waals surface area contributed by atoms with E-state index in [0.717, 1.165) is 28.3 Å². The molecule has 1 heterocycles. The molecule has 0 bridgehead atoms. The van der Waals surface area contributed by atoms with E-state index in [1.165, 1.54) is 49.7 Å². The maximum atomic E-state index is 2.42. The minimum absolute atomic E-state index is 1.09. The van der Waals surface area contributed by atoms with Gasteiger partial charge < -0.3 is 9.47 Å². The van der Waals surface area contributed by atoms with Gasteiger partial charge in [0.05, 0.1) is 16.7 Å². The number of aromatic nitrogens is 1. The van der Waals surface area contributed by atoms with E-state index < -0.39 is 0 Å². The highest BCUT2D eigenvalue weighted by molar-refractivity contribution is 6.16. The van der Waals surface area contributed by atoms with Crippen molar-refractivity contribution in [3.63, 3.8) is 0 Å². The first-order chi connectivity index (χ1) is 24.8. The van der Waals surface area contributed by atoms with Crippen LogP contribution >= 0.6 is 0 Å². The number of hydrogen-bond donors (Lipinski definition) is 0. The van der Waals surface area contributed by atoms with Gasteiger partial charge >= 0.3 is 0 Å². The Morgan fingerprint density at radius 1 is 0.340 bits per heavy atom. The van der Waals surface area contributed by atoms with Crippen molar-refractivity contribution in [2.75, 3.05) is 4.90 Å². The predicted octanol–water partition coefficient (Wildman–Crippen LogP) is 13.3. The highest BCUT2D eigenvalue weighted by atomic mass is 15.1. The van der Waals surface area contributed by atoms with Crippen molar-refractivity contribution in [2.45, 2.75) is 0 Å². The number of hydrogen-bond acceptors (Lipinski definition) is 1. The van der Waals surface area contributed by atoms with Crippen molar-refractivity contribution in [3.05, 3.63) is 206 Å². The average Bonchev–Trinajstić information content (AvgIpc) is 3.54. The van der Waals surface area contributed by atoms with Gasteiger partial charge in [-0.15, -0.1) is 0 Å². The van der Waals surface area contributed by atoms with Crippen molar-refractivity contribution in [1.82, 2.24) is 4.57 Å². The molecule has 0 saturated heterocycles. The third kappa shape index (κ3) is 5.24. The molecule has 0 amide bonds. The van der Waals surface area contributed by atoms with Gasteiger partial charge in [0.1, 0.15) is 0 Å². The molecule has 0 unspecified atom stereocenters. The Kier molecular flexibility index (Phi) is 7.53. The fourth-order valence-electron chi connectivity index (χ4n) is 7.32. The van der Waals surface area contributed by atoms with Crippen LogP contribution in [0.2, 0.25) is 0 Å². The fraction of sp³-hybridized carbons (Fsp3) is 0. The van der Waals surface area contributed by atoms with Gasteiger partial charge in [-0.1, -0.05) is 158 Å². The Balaban J connectivity index is 1.33. The maximum absolute atomic E-state index is 2.42. The molecule has 2 heteroatoms. The lowest BCUT2D eigenvalue weighted by Gasteiger charge is -2.28. The first-order valence-corrected chi connectivity index (χ1v) is 17.1. The molecule has 1 aromatic heterocycles. The Labute approximate surface area is 292 Å². The molecule has 0 saturated carbocycles. The average molecular weight is 639 g/mol. The normalized spacial score (nSPS) is 11.2. The van der Waals surface area contributed by atoms with Crippen LogP contribution in [0.15, 0.2) is 206 Å². The first kappa shape index (κ1) is 29.5. The second-order valence-electron chi connectivity index (χ2n) is 12.6. The van der Waals surface area contributed by atoms with Crippen molar-refractivity contribution in [2.24, 2.45) is 0 Å². The summed E-state index contributed by atoms with van der Waals surface area (Å²) in [7, 11) is 0. The number of fused-ring (bicyclic) bond motifs is 3. The minimum Gasteiger partial charge on any atom is -0.310 e. The topological polar surface area (TPSA) is 8.17 Å². The second-order valence-corrected chi connectivity index (χ2v) is 12.6. The molecule has 9 aromatic rings. The van der Waals surface area contributed by atoms with Crippen molar-refractivity contribution >= 4 is 38.9 Å². The van der Waals surface area contributed by atoms with Crippen LogP contribution < -0.4 is 4.90 Å². The SMILES string of the molecule is c1ccc(-c2cccc(N(c3ccc4c5c(-c6ccccc6)cccc5n(-c5ccccc5)c4c3)c3ccccc3-c3ccccc3)c2)cc1. The van der Waals surface area contributed by atoms with Crippen LogP contribution in [0.5, 0.6) is 0 Å². The van der Waals surface area contributed by atoms with Crippen molar-refractivity contribution < 1.29 is 0 Å². The van der Waals surface area contributed by atoms with Gasteiger partial charge in [0.25, 0.3) is 0 Å². The van der Waals surface area contributed by atoms with E-state index in [1.54, 1.807) is 0 Å². The third-order valence-electron chi connectivity index (χ3n) is 9.57. The largest absolute Gasteiger partial charge is 0.310 e. The van der Waals surface area contributed by atoms with Gasteiger partial charge in [0.2, 0.25) is 0 Å². The zero-order valence-electron chi connectivity index (χ0n) is 27.5. The van der Waals surface area contributed by atoms with Crippen molar-refractivity contribution in [1.29, 1.82) is 0 Å². The molecule has 0 radical (unpaired) electrons. The highest BCUT2D eigenvalue weighted by Gasteiger charge is 2.21. The Morgan fingerprint density at radius 2 is 0.880 bits per heavy atom. The summed E-state index contributed by atoms with van der Waals surface area (Å²) in [5.41, 5.74) is 14.0. The van der Waals surface area contributed by atoms with Gasteiger partial charge in [-0.3, -0.25) is 0 Å². The molecule has 0 aliphatic rings. The highest BCUT2D eigenvalue weighted by Crippen LogP contribution is 2.45. The number of nitrogens with zero attached hydrogens (tertiary/aromatic N) is 2. The summed E-state index contributed by atoms with van der Waals surface area (Å²) in [6.07, 6.45) is 0. The lowest BCUT2D eigenvalue weighted by molar-refractivity contribution is 1.18. The molecular formula is C48H34N2. The van der Waals surface area contributed by atoms with Crippen LogP contribution in [0.25, 0.3) is 60.9 Å². The zero-order valence-corrected chi connectivity index (χ0v) is 27.5. The molecule has 2 nitrogen and oxygen atoms in total. The summed E-state index contributed by atoms with van der Waals surface area (Å²) in [5, 5.41) is 2.48. The third-order valence-corrected chi connectivity index (χ3v) is 9.57. The summed E-state index contributed by atoms with van der Waals surface area (Å²) in [5.74, 6) is 0. The van der Waals surface area contributed by atoms with E-state index in [-0.39, 0.29) is 0 Å². The van der Waals surface area contributed by atoms with Gasteiger partial charge in [0.15, 0.2) is 0 Å². The first-order valence-electron chi connectivity index (χ1n) is 17.1.